The molecule has 2 rings (SSSR count). The second-order valence-corrected chi connectivity index (χ2v) is 4.93. The molecule has 1 N–H and O–H groups in total. The van der Waals surface area contributed by atoms with Gasteiger partial charge in [-0.2, -0.15) is 0 Å². The molecular formula is C14H18N2O2. The van der Waals surface area contributed by atoms with Gasteiger partial charge in [0.25, 0.3) is 5.91 Å². The van der Waals surface area contributed by atoms with Gasteiger partial charge in [-0.3, -0.25) is 9.69 Å². The van der Waals surface area contributed by atoms with E-state index in [4.69, 9.17) is 0 Å². The molecule has 4 heteroatoms. The van der Waals surface area contributed by atoms with Gasteiger partial charge in [0, 0.05) is 0 Å². The number of amides is 3. The van der Waals surface area contributed by atoms with E-state index in [0.717, 1.165) is 11.1 Å². The van der Waals surface area contributed by atoms with E-state index in [-0.39, 0.29) is 11.9 Å². The van der Waals surface area contributed by atoms with Crippen LogP contribution < -0.4 is 5.32 Å². The zero-order chi connectivity index (χ0) is 13.3. The molecule has 0 aromatic heterocycles. The van der Waals surface area contributed by atoms with Crippen molar-refractivity contribution in [2.45, 2.75) is 39.3 Å². The van der Waals surface area contributed by atoms with Gasteiger partial charge < -0.3 is 5.32 Å². The van der Waals surface area contributed by atoms with E-state index in [1.807, 2.05) is 38.1 Å². The fourth-order valence-corrected chi connectivity index (χ4v) is 2.09. The molecule has 1 aromatic rings. The van der Waals surface area contributed by atoms with Crippen molar-refractivity contribution in [3.63, 3.8) is 0 Å². The van der Waals surface area contributed by atoms with Crippen molar-refractivity contribution >= 4 is 11.9 Å². The maximum atomic E-state index is 12.2. The van der Waals surface area contributed by atoms with Crippen LogP contribution in [0.4, 0.5) is 4.79 Å². The first-order chi connectivity index (χ1) is 8.48. The maximum absolute atomic E-state index is 12.2. The van der Waals surface area contributed by atoms with Crippen LogP contribution in [0.3, 0.4) is 0 Å². The van der Waals surface area contributed by atoms with Crippen LogP contribution in [0.5, 0.6) is 0 Å². The zero-order valence-electron chi connectivity index (χ0n) is 11.0. The van der Waals surface area contributed by atoms with Gasteiger partial charge in [0.2, 0.25) is 0 Å². The molecule has 4 nitrogen and oxygen atoms in total. The van der Waals surface area contributed by atoms with E-state index < -0.39 is 5.54 Å². The van der Waals surface area contributed by atoms with Gasteiger partial charge in [-0.1, -0.05) is 31.2 Å². The Hall–Kier alpha value is -1.84. The van der Waals surface area contributed by atoms with E-state index >= 15 is 0 Å². The second-order valence-electron chi connectivity index (χ2n) is 4.93. The Labute approximate surface area is 107 Å². The molecule has 0 unspecified atom stereocenters. The molecule has 0 aliphatic carbocycles. The van der Waals surface area contributed by atoms with Crippen molar-refractivity contribution in [2.75, 3.05) is 0 Å². The highest BCUT2D eigenvalue weighted by Gasteiger charge is 2.46. The second kappa shape index (κ2) is 4.44. The van der Waals surface area contributed by atoms with Gasteiger partial charge >= 0.3 is 6.03 Å². The third kappa shape index (κ3) is 1.98. The summed E-state index contributed by atoms with van der Waals surface area (Å²) >= 11 is 0. The van der Waals surface area contributed by atoms with E-state index in [9.17, 15) is 9.59 Å². The van der Waals surface area contributed by atoms with Crippen LogP contribution >= 0.6 is 0 Å². The minimum absolute atomic E-state index is 0.141. The molecule has 3 amide bonds. The lowest BCUT2D eigenvalue weighted by Crippen LogP contribution is -2.43. The van der Waals surface area contributed by atoms with E-state index in [1.54, 1.807) is 6.92 Å². The molecule has 1 saturated heterocycles. The Balaban J connectivity index is 2.23. The number of hydrogen-bond donors (Lipinski definition) is 1. The number of nitrogens with one attached hydrogen (secondary N) is 1. The fraction of sp³-hybridized carbons (Fsp3) is 0.429. The van der Waals surface area contributed by atoms with Crippen molar-refractivity contribution in [2.24, 2.45) is 0 Å². The smallest absolute Gasteiger partial charge is 0.323 e. The Bertz CT molecular complexity index is 498. The number of carbonyl (C=O) groups excluding carboxylic acids is 2. The molecule has 1 aliphatic rings. The van der Waals surface area contributed by atoms with Gasteiger partial charge in [0.05, 0.1) is 6.54 Å². The summed E-state index contributed by atoms with van der Waals surface area (Å²) in [6.07, 6.45) is 0.599. The number of nitrogens with zero attached hydrogens (tertiary/aromatic N) is 1. The summed E-state index contributed by atoms with van der Waals surface area (Å²) in [6, 6.07) is 7.48. The highest BCUT2D eigenvalue weighted by molar-refractivity contribution is 6.06. The number of imide groups is 1. The summed E-state index contributed by atoms with van der Waals surface area (Å²) in [4.78, 5) is 25.4. The van der Waals surface area contributed by atoms with Crippen LogP contribution in [0.25, 0.3) is 0 Å². The first-order valence-electron chi connectivity index (χ1n) is 6.16. The number of benzene rings is 1. The molecule has 96 valence electrons. The molecule has 1 aliphatic heterocycles. The molecular weight excluding hydrogens is 228 g/mol. The normalized spacial score (nSPS) is 23.4. The minimum Gasteiger partial charge on any atom is -0.323 e. The van der Waals surface area contributed by atoms with Crippen molar-refractivity contribution in [3.05, 3.63) is 35.4 Å². The minimum atomic E-state index is -0.750. The molecule has 0 bridgehead atoms. The lowest BCUT2D eigenvalue weighted by Gasteiger charge is -2.19. The average Bonchev–Trinajstić information content (AvgIpc) is 2.56. The van der Waals surface area contributed by atoms with Gasteiger partial charge in [-0.15, -0.1) is 0 Å². The lowest BCUT2D eigenvalue weighted by atomic mass is 9.99. The molecule has 18 heavy (non-hydrogen) atoms. The highest BCUT2D eigenvalue weighted by Crippen LogP contribution is 2.23. The summed E-state index contributed by atoms with van der Waals surface area (Å²) in [5.74, 6) is -0.141. The highest BCUT2D eigenvalue weighted by atomic mass is 16.2. The van der Waals surface area contributed by atoms with Crippen LogP contribution in [0.2, 0.25) is 0 Å². The summed E-state index contributed by atoms with van der Waals surface area (Å²) < 4.78 is 0. The summed E-state index contributed by atoms with van der Waals surface area (Å²) in [5.41, 5.74) is 1.34. The summed E-state index contributed by atoms with van der Waals surface area (Å²) in [6.45, 7) is 5.99. The largest absolute Gasteiger partial charge is 0.325 e. The average molecular weight is 246 g/mol. The van der Waals surface area contributed by atoms with Crippen molar-refractivity contribution < 1.29 is 9.59 Å². The topological polar surface area (TPSA) is 49.4 Å². The Kier molecular flexibility index (Phi) is 3.11. The summed E-state index contributed by atoms with van der Waals surface area (Å²) in [7, 11) is 0. The predicted molar refractivity (Wildman–Crippen MR) is 69.0 cm³/mol. The fourth-order valence-electron chi connectivity index (χ4n) is 2.09. The van der Waals surface area contributed by atoms with Gasteiger partial charge in [-0.25, -0.2) is 4.79 Å². The van der Waals surface area contributed by atoms with Crippen LogP contribution in [-0.2, 0) is 11.3 Å². The third-order valence-electron chi connectivity index (χ3n) is 3.64. The van der Waals surface area contributed by atoms with Crippen molar-refractivity contribution in [1.82, 2.24) is 10.2 Å². The monoisotopic (exact) mass is 246 g/mol. The van der Waals surface area contributed by atoms with Gasteiger partial charge in [0.15, 0.2) is 0 Å². The van der Waals surface area contributed by atoms with Crippen LogP contribution in [0.1, 0.15) is 31.4 Å². The molecule has 1 atom stereocenters. The number of hydrogen-bond acceptors (Lipinski definition) is 2. The molecule has 0 spiro atoms. The summed E-state index contributed by atoms with van der Waals surface area (Å²) in [5, 5.41) is 2.76. The first kappa shape index (κ1) is 12.6. The maximum Gasteiger partial charge on any atom is 0.325 e. The molecule has 1 heterocycles. The number of aryl methyl sites for hydroxylation is 1. The Morgan fingerprint density at radius 2 is 1.94 bits per heavy atom. The van der Waals surface area contributed by atoms with Crippen molar-refractivity contribution in [3.8, 4) is 0 Å². The van der Waals surface area contributed by atoms with Crippen LogP contribution in [0.15, 0.2) is 24.3 Å². The van der Waals surface area contributed by atoms with Gasteiger partial charge in [0.1, 0.15) is 5.54 Å². The number of rotatable bonds is 3. The Morgan fingerprint density at radius 1 is 1.28 bits per heavy atom. The first-order valence-corrected chi connectivity index (χ1v) is 6.16. The third-order valence-corrected chi connectivity index (χ3v) is 3.64. The Morgan fingerprint density at radius 3 is 2.50 bits per heavy atom. The van der Waals surface area contributed by atoms with E-state index in [2.05, 4.69) is 5.32 Å². The van der Waals surface area contributed by atoms with Crippen LogP contribution in [-0.4, -0.2) is 22.4 Å². The SMILES string of the molecule is CC[C@]1(C)NC(=O)N(Cc2ccccc2C)C1=O. The molecule has 1 fully saturated rings. The molecule has 0 radical (unpaired) electrons. The van der Waals surface area contributed by atoms with Gasteiger partial charge in [-0.05, 0) is 31.4 Å². The van der Waals surface area contributed by atoms with E-state index in [1.165, 1.54) is 4.90 Å². The molecule has 0 saturated carbocycles. The number of urea groups is 1. The molecule has 1 aromatic carbocycles. The predicted octanol–water partition coefficient (Wildman–Crippen LogP) is 2.22. The zero-order valence-corrected chi connectivity index (χ0v) is 11.0. The van der Waals surface area contributed by atoms with Crippen LogP contribution in [0, 0.1) is 6.92 Å². The van der Waals surface area contributed by atoms with E-state index in [0.29, 0.717) is 13.0 Å². The lowest BCUT2D eigenvalue weighted by molar-refractivity contribution is -0.131. The number of carbonyl (C=O) groups is 2. The quantitative estimate of drug-likeness (QED) is 0.831. The van der Waals surface area contributed by atoms with Crippen molar-refractivity contribution in [1.29, 1.82) is 0 Å². The standard InChI is InChI=1S/C14H18N2O2/c1-4-14(3)12(17)16(13(18)15-14)9-11-8-6-5-7-10(11)2/h5-8H,4,9H2,1-3H3,(H,15,18)/t14-/m0/s1.